The zero-order valence-electron chi connectivity index (χ0n) is 9.90. The Morgan fingerprint density at radius 1 is 1.31 bits per heavy atom. The fraction of sp³-hybridized carbons (Fsp3) is 0.357. The normalized spacial score (nSPS) is 12.9. The molecule has 1 aromatic carbocycles. The average Bonchev–Trinajstić information content (AvgIpc) is 2.29. The Labute approximate surface area is 96.7 Å². The highest BCUT2D eigenvalue weighted by atomic mass is 14.8. The number of hydrogen-bond donors (Lipinski definition) is 1. The smallest absolute Gasteiger partial charge is 0.0704 e. The molecule has 0 aliphatic rings. The van der Waals surface area contributed by atoms with Crippen molar-refractivity contribution in [3.63, 3.8) is 0 Å². The molecule has 84 valence electrons. The summed E-state index contributed by atoms with van der Waals surface area (Å²) in [7, 11) is 2.00. The molecule has 1 unspecified atom stereocenters. The van der Waals surface area contributed by atoms with Crippen molar-refractivity contribution in [3.05, 3.63) is 42.1 Å². The Hall–Kier alpha value is -1.41. The summed E-state index contributed by atoms with van der Waals surface area (Å²) in [6.07, 6.45) is 2.95. The first-order valence-electron chi connectivity index (χ1n) is 5.78. The predicted molar refractivity (Wildman–Crippen MR) is 68.5 cm³/mol. The lowest BCUT2D eigenvalue weighted by Crippen LogP contribution is -2.17. The number of nitrogens with one attached hydrogen (secondary N) is 1. The van der Waals surface area contributed by atoms with Gasteiger partial charge >= 0.3 is 0 Å². The van der Waals surface area contributed by atoms with Crippen LogP contribution in [-0.2, 0) is 6.42 Å². The molecule has 0 aliphatic heterocycles. The summed E-state index contributed by atoms with van der Waals surface area (Å²) in [5, 5.41) is 4.42. The third-order valence-electron chi connectivity index (χ3n) is 2.81. The van der Waals surface area contributed by atoms with E-state index in [4.69, 9.17) is 0 Å². The molecule has 2 nitrogen and oxygen atoms in total. The second kappa shape index (κ2) is 5.08. The Bertz CT molecular complexity index is 465. The van der Waals surface area contributed by atoms with Crippen LogP contribution in [0.15, 0.2) is 36.5 Å². The molecule has 0 spiro atoms. The van der Waals surface area contributed by atoms with Crippen LogP contribution in [0.3, 0.4) is 0 Å². The van der Waals surface area contributed by atoms with Gasteiger partial charge in [-0.2, -0.15) is 0 Å². The van der Waals surface area contributed by atoms with Crippen molar-refractivity contribution in [3.8, 4) is 0 Å². The molecule has 1 N–H and O–H groups in total. The summed E-state index contributed by atoms with van der Waals surface area (Å²) in [6.45, 7) is 3.32. The minimum absolute atomic E-state index is 0.658. The molecule has 1 aromatic heterocycles. The van der Waals surface area contributed by atoms with Gasteiger partial charge in [-0.05, 0) is 43.6 Å². The molecule has 1 heterocycles. The van der Waals surface area contributed by atoms with Crippen molar-refractivity contribution < 1.29 is 0 Å². The first-order chi connectivity index (χ1) is 7.79. The summed E-state index contributed by atoms with van der Waals surface area (Å²) in [5.41, 5.74) is 2.46. The van der Waals surface area contributed by atoms with Gasteiger partial charge < -0.3 is 5.32 Å². The number of aromatic nitrogens is 1. The van der Waals surface area contributed by atoms with Crippen LogP contribution in [0.1, 0.15) is 12.5 Å². The molecule has 0 saturated carbocycles. The minimum atomic E-state index is 0.658. The van der Waals surface area contributed by atoms with E-state index in [0.29, 0.717) is 5.92 Å². The second-order valence-electron chi connectivity index (χ2n) is 4.40. The number of benzene rings is 1. The number of nitrogens with zero attached hydrogens (tertiary/aromatic N) is 1. The molecule has 0 aliphatic carbocycles. The van der Waals surface area contributed by atoms with E-state index < -0.39 is 0 Å². The lowest BCUT2D eigenvalue weighted by Gasteiger charge is -2.10. The van der Waals surface area contributed by atoms with Gasteiger partial charge in [-0.25, -0.2) is 0 Å². The van der Waals surface area contributed by atoms with Crippen LogP contribution in [0.25, 0.3) is 10.9 Å². The molecule has 2 aromatic rings. The van der Waals surface area contributed by atoms with Crippen LogP contribution in [0, 0.1) is 5.92 Å². The van der Waals surface area contributed by atoms with Crippen molar-refractivity contribution in [1.29, 1.82) is 0 Å². The lowest BCUT2D eigenvalue weighted by atomic mass is 10.00. The molecular formula is C14H18N2. The van der Waals surface area contributed by atoms with E-state index in [1.54, 1.807) is 0 Å². The van der Waals surface area contributed by atoms with Crippen molar-refractivity contribution in [2.45, 2.75) is 13.3 Å². The molecule has 0 amide bonds. The zero-order valence-corrected chi connectivity index (χ0v) is 9.90. The Kier molecular flexibility index (Phi) is 3.52. The van der Waals surface area contributed by atoms with E-state index in [2.05, 4.69) is 41.5 Å². The second-order valence-corrected chi connectivity index (χ2v) is 4.40. The van der Waals surface area contributed by atoms with E-state index in [9.17, 15) is 0 Å². The summed E-state index contributed by atoms with van der Waals surface area (Å²) in [6, 6.07) is 10.6. The number of hydrogen-bond acceptors (Lipinski definition) is 2. The zero-order chi connectivity index (χ0) is 11.4. The van der Waals surface area contributed by atoms with Gasteiger partial charge in [-0.1, -0.05) is 25.1 Å². The summed E-state index contributed by atoms with van der Waals surface area (Å²) in [4.78, 5) is 4.38. The standard InChI is InChI=1S/C14H18N2/c1-11(10-15-2)8-12-5-6-13-4-3-7-16-14(13)9-12/h3-7,9,11,15H,8,10H2,1-2H3. The monoisotopic (exact) mass is 214 g/mol. The van der Waals surface area contributed by atoms with Gasteiger partial charge in [0, 0.05) is 11.6 Å². The van der Waals surface area contributed by atoms with Crippen molar-refractivity contribution in [2.24, 2.45) is 5.92 Å². The molecule has 1 atom stereocenters. The first kappa shape index (κ1) is 11.1. The van der Waals surface area contributed by atoms with Gasteiger partial charge in [0.05, 0.1) is 5.52 Å². The van der Waals surface area contributed by atoms with Crippen molar-refractivity contribution in [2.75, 3.05) is 13.6 Å². The highest BCUT2D eigenvalue weighted by Crippen LogP contribution is 2.15. The molecule has 0 saturated heterocycles. The van der Waals surface area contributed by atoms with E-state index in [-0.39, 0.29) is 0 Å². The van der Waals surface area contributed by atoms with E-state index in [1.807, 2.05) is 19.3 Å². The number of fused-ring (bicyclic) bond motifs is 1. The molecule has 0 bridgehead atoms. The van der Waals surface area contributed by atoms with Crippen LogP contribution in [-0.4, -0.2) is 18.6 Å². The minimum Gasteiger partial charge on any atom is -0.319 e. The van der Waals surface area contributed by atoms with Crippen LogP contribution >= 0.6 is 0 Å². The molecule has 16 heavy (non-hydrogen) atoms. The lowest BCUT2D eigenvalue weighted by molar-refractivity contribution is 0.542. The molecule has 0 radical (unpaired) electrons. The SMILES string of the molecule is CNCC(C)Cc1ccc2cccnc2c1. The largest absolute Gasteiger partial charge is 0.319 e. The Balaban J connectivity index is 2.19. The highest BCUT2D eigenvalue weighted by molar-refractivity contribution is 5.78. The van der Waals surface area contributed by atoms with Gasteiger partial charge in [0.25, 0.3) is 0 Å². The van der Waals surface area contributed by atoms with E-state index in [0.717, 1.165) is 18.5 Å². The van der Waals surface area contributed by atoms with Gasteiger partial charge in [0.2, 0.25) is 0 Å². The van der Waals surface area contributed by atoms with E-state index in [1.165, 1.54) is 10.9 Å². The van der Waals surface area contributed by atoms with Crippen LogP contribution in [0.4, 0.5) is 0 Å². The van der Waals surface area contributed by atoms with Crippen LogP contribution in [0.2, 0.25) is 0 Å². The highest BCUT2D eigenvalue weighted by Gasteiger charge is 2.03. The van der Waals surface area contributed by atoms with Gasteiger partial charge in [-0.3, -0.25) is 4.98 Å². The van der Waals surface area contributed by atoms with Crippen LogP contribution in [0.5, 0.6) is 0 Å². The quantitative estimate of drug-likeness (QED) is 0.846. The fourth-order valence-electron chi connectivity index (χ4n) is 2.06. The third kappa shape index (κ3) is 2.58. The average molecular weight is 214 g/mol. The van der Waals surface area contributed by atoms with Gasteiger partial charge in [0.1, 0.15) is 0 Å². The van der Waals surface area contributed by atoms with Crippen LogP contribution < -0.4 is 5.32 Å². The van der Waals surface area contributed by atoms with Gasteiger partial charge in [0.15, 0.2) is 0 Å². The third-order valence-corrected chi connectivity index (χ3v) is 2.81. The first-order valence-corrected chi connectivity index (χ1v) is 5.78. The maximum atomic E-state index is 4.38. The fourth-order valence-corrected chi connectivity index (χ4v) is 2.06. The Morgan fingerprint density at radius 3 is 3.00 bits per heavy atom. The molecule has 2 rings (SSSR count). The Morgan fingerprint density at radius 2 is 2.19 bits per heavy atom. The molecule has 0 fully saturated rings. The molecular weight excluding hydrogens is 196 g/mol. The maximum absolute atomic E-state index is 4.38. The predicted octanol–water partition coefficient (Wildman–Crippen LogP) is 2.63. The topological polar surface area (TPSA) is 24.9 Å². The number of rotatable bonds is 4. The molecule has 2 heteroatoms. The van der Waals surface area contributed by atoms with Gasteiger partial charge in [-0.15, -0.1) is 0 Å². The summed E-state index contributed by atoms with van der Waals surface area (Å²) in [5.74, 6) is 0.658. The summed E-state index contributed by atoms with van der Waals surface area (Å²) >= 11 is 0. The summed E-state index contributed by atoms with van der Waals surface area (Å²) < 4.78 is 0. The number of pyridine rings is 1. The van der Waals surface area contributed by atoms with E-state index >= 15 is 0 Å². The van der Waals surface area contributed by atoms with Crippen molar-refractivity contribution in [1.82, 2.24) is 10.3 Å². The maximum Gasteiger partial charge on any atom is 0.0704 e. The van der Waals surface area contributed by atoms with Crippen molar-refractivity contribution >= 4 is 10.9 Å².